The van der Waals surface area contributed by atoms with Gasteiger partial charge in [-0.15, -0.1) is 0 Å². The van der Waals surface area contributed by atoms with E-state index in [-0.39, 0.29) is 24.1 Å². The molecular formula is C12H14F2O3. The zero-order valence-corrected chi connectivity index (χ0v) is 9.65. The number of halogens is 2. The van der Waals surface area contributed by atoms with Gasteiger partial charge in [0.2, 0.25) is 0 Å². The largest absolute Gasteiger partial charge is 0.469 e. The number of carbonyl (C=O) groups is 1. The quantitative estimate of drug-likeness (QED) is 0.747. The fourth-order valence-corrected chi connectivity index (χ4v) is 1.53. The molecule has 0 saturated carbocycles. The van der Waals surface area contributed by atoms with Crippen LogP contribution in [-0.2, 0) is 9.53 Å². The number of ether oxygens (including phenoxy) is 2. The van der Waals surface area contributed by atoms with Gasteiger partial charge in [0.15, 0.2) is 0 Å². The van der Waals surface area contributed by atoms with Gasteiger partial charge in [-0.1, -0.05) is 25.1 Å². The summed E-state index contributed by atoms with van der Waals surface area (Å²) in [6.45, 7) is -1.12. The second kappa shape index (κ2) is 6.18. The fourth-order valence-electron chi connectivity index (χ4n) is 1.53. The Balaban J connectivity index is 2.84. The van der Waals surface area contributed by atoms with Crippen LogP contribution >= 0.6 is 0 Å². The summed E-state index contributed by atoms with van der Waals surface area (Å²) in [7, 11) is 1.29. The van der Waals surface area contributed by atoms with Crippen molar-refractivity contribution in [2.45, 2.75) is 25.9 Å². The molecule has 94 valence electrons. The number of alkyl halides is 2. The lowest BCUT2D eigenvalue weighted by Crippen LogP contribution is -2.09. The monoisotopic (exact) mass is 244 g/mol. The first-order chi connectivity index (χ1) is 8.04. The number of carbonyl (C=O) groups excluding carboxylic acids is 1. The van der Waals surface area contributed by atoms with E-state index in [4.69, 9.17) is 0 Å². The first kappa shape index (κ1) is 13.4. The molecule has 1 atom stereocenters. The molecule has 0 aliphatic carbocycles. The summed E-state index contributed by atoms with van der Waals surface area (Å²) in [5.74, 6) is -0.527. The molecule has 0 amide bonds. The van der Waals surface area contributed by atoms with Crippen LogP contribution in [0.4, 0.5) is 8.78 Å². The molecule has 1 unspecified atom stereocenters. The van der Waals surface area contributed by atoms with E-state index in [1.165, 1.54) is 13.2 Å². The first-order valence-corrected chi connectivity index (χ1v) is 5.15. The molecule has 0 saturated heterocycles. The molecule has 0 radical (unpaired) electrons. The van der Waals surface area contributed by atoms with Crippen LogP contribution in [0.15, 0.2) is 24.3 Å². The van der Waals surface area contributed by atoms with Crippen LogP contribution in [0.1, 0.15) is 24.8 Å². The van der Waals surface area contributed by atoms with Gasteiger partial charge in [-0.25, -0.2) is 0 Å². The lowest BCUT2D eigenvalue weighted by Gasteiger charge is -2.15. The van der Waals surface area contributed by atoms with Crippen LogP contribution in [-0.4, -0.2) is 19.7 Å². The Kier molecular flexibility index (Phi) is 4.87. The van der Waals surface area contributed by atoms with E-state index >= 15 is 0 Å². The van der Waals surface area contributed by atoms with E-state index < -0.39 is 6.61 Å². The van der Waals surface area contributed by atoms with Gasteiger partial charge in [-0.2, -0.15) is 8.78 Å². The van der Waals surface area contributed by atoms with Gasteiger partial charge in [0.25, 0.3) is 0 Å². The zero-order chi connectivity index (χ0) is 12.8. The van der Waals surface area contributed by atoms with Gasteiger partial charge in [-0.05, 0) is 17.5 Å². The molecule has 0 aliphatic heterocycles. The molecular weight excluding hydrogens is 230 g/mol. The van der Waals surface area contributed by atoms with Crippen molar-refractivity contribution in [3.8, 4) is 5.75 Å². The molecule has 0 aromatic heterocycles. The maximum absolute atomic E-state index is 12.2. The molecule has 3 nitrogen and oxygen atoms in total. The minimum atomic E-state index is -2.87. The topological polar surface area (TPSA) is 35.5 Å². The average molecular weight is 244 g/mol. The molecule has 5 heteroatoms. The maximum atomic E-state index is 12.2. The Morgan fingerprint density at radius 3 is 2.59 bits per heavy atom. The second-order valence-corrected chi connectivity index (χ2v) is 3.60. The summed E-state index contributed by atoms with van der Waals surface area (Å²) in [4.78, 5) is 11.1. The molecule has 0 fully saturated rings. The Hall–Kier alpha value is -1.65. The molecule has 17 heavy (non-hydrogen) atoms. The maximum Gasteiger partial charge on any atom is 0.387 e. The molecule has 1 rings (SSSR count). The third-order valence-corrected chi connectivity index (χ3v) is 2.37. The summed E-state index contributed by atoms with van der Waals surface area (Å²) in [6.07, 6.45) is 0.125. The van der Waals surface area contributed by atoms with E-state index in [2.05, 4.69) is 9.47 Å². The summed E-state index contributed by atoms with van der Waals surface area (Å²) in [5.41, 5.74) is 0.568. The summed E-state index contributed by atoms with van der Waals surface area (Å²) in [5, 5.41) is 0. The smallest absolute Gasteiger partial charge is 0.387 e. The highest BCUT2D eigenvalue weighted by Crippen LogP contribution is 2.29. The van der Waals surface area contributed by atoms with E-state index in [1.807, 2.05) is 0 Å². The fraction of sp³-hybridized carbons (Fsp3) is 0.417. The van der Waals surface area contributed by atoms with Crippen LogP contribution in [0, 0.1) is 0 Å². The molecule has 0 aliphatic rings. The predicted molar refractivity (Wildman–Crippen MR) is 58.1 cm³/mol. The standard InChI is InChI=1S/C12H14F2O3/c1-8(7-11(15)16-2)9-5-3-4-6-10(9)17-12(13)14/h3-6,8,12H,7H2,1-2H3. The molecule has 0 spiro atoms. The molecule has 1 aromatic carbocycles. The number of hydrogen-bond donors (Lipinski definition) is 0. The average Bonchev–Trinajstić information content (AvgIpc) is 2.28. The van der Waals surface area contributed by atoms with Gasteiger partial charge >= 0.3 is 12.6 Å². The van der Waals surface area contributed by atoms with Crippen molar-refractivity contribution in [2.24, 2.45) is 0 Å². The molecule has 1 aromatic rings. The number of benzene rings is 1. The molecule has 0 heterocycles. The number of methoxy groups -OCH3 is 1. The van der Waals surface area contributed by atoms with Crippen LogP contribution in [0.3, 0.4) is 0 Å². The van der Waals surface area contributed by atoms with Crippen LogP contribution in [0.25, 0.3) is 0 Å². The Labute approximate surface area is 98.3 Å². The highest BCUT2D eigenvalue weighted by Gasteiger charge is 2.17. The second-order valence-electron chi connectivity index (χ2n) is 3.60. The van der Waals surface area contributed by atoms with Gasteiger partial charge in [0.1, 0.15) is 5.75 Å². The Bertz CT molecular complexity index is 380. The van der Waals surface area contributed by atoms with Crippen molar-refractivity contribution >= 4 is 5.97 Å². The SMILES string of the molecule is COC(=O)CC(C)c1ccccc1OC(F)F. The van der Waals surface area contributed by atoms with Gasteiger partial charge < -0.3 is 9.47 Å². The van der Waals surface area contributed by atoms with E-state index in [0.717, 1.165) is 0 Å². The third kappa shape index (κ3) is 4.01. The van der Waals surface area contributed by atoms with Crippen molar-refractivity contribution in [3.05, 3.63) is 29.8 Å². The highest BCUT2D eigenvalue weighted by atomic mass is 19.3. The van der Waals surface area contributed by atoms with Gasteiger partial charge in [0, 0.05) is 0 Å². The van der Waals surface area contributed by atoms with Gasteiger partial charge in [-0.3, -0.25) is 4.79 Å². The third-order valence-electron chi connectivity index (χ3n) is 2.37. The first-order valence-electron chi connectivity index (χ1n) is 5.15. The normalized spacial score (nSPS) is 12.3. The number of rotatable bonds is 5. The summed E-state index contributed by atoms with van der Waals surface area (Å²) in [6, 6.07) is 6.42. The minimum Gasteiger partial charge on any atom is -0.469 e. The highest BCUT2D eigenvalue weighted by molar-refractivity contribution is 5.70. The predicted octanol–water partition coefficient (Wildman–Crippen LogP) is 2.95. The minimum absolute atomic E-state index is 0.0962. The number of hydrogen-bond acceptors (Lipinski definition) is 3. The lowest BCUT2D eigenvalue weighted by atomic mass is 9.97. The van der Waals surface area contributed by atoms with E-state index in [1.54, 1.807) is 25.1 Å². The molecule has 0 bridgehead atoms. The molecule has 0 N–H and O–H groups in total. The Morgan fingerprint density at radius 2 is 2.00 bits per heavy atom. The zero-order valence-electron chi connectivity index (χ0n) is 9.65. The van der Waals surface area contributed by atoms with Crippen molar-refractivity contribution < 1.29 is 23.0 Å². The van der Waals surface area contributed by atoms with Crippen molar-refractivity contribution in [3.63, 3.8) is 0 Å². The summed E-state index contributed by atoms with van der Waals surface area (Å²) >= 11 is 0. The van der Waals surface area contributed by atoms with Crippen LogP contribution < -0.4 is 4.74 Å². The van der Waals surface area contributed by atoms with Crippen molar-refractivity contribution in [1.29, 1.82) is 0 Å². The van der Waals surface area contributed by atoms with Crippen molar-refractivity contribution in [2.75, 3.05) is 7.11 Å². The van der Waals surface area contributed by atoms with Crippen LogP contribution in [0.5, 0.6) is 5.75 Å². The Morgan fingerprint density at radius 1 is 1.35 bits per heavy atom. The summed E-state index contributed by atoms with van der Waals surface area (Å²) < 4.78 is 33.3. The van der Waals surface area contributed by atoms with Crippen LogP contribution in [0.2, 0.25) is 0 Å². The van der Waals surface area contributed by atoms with Gasteiger partial charge in [0.05, 0.1) is 13.5 Å². The van der Waals surface area contributed by atoms with Crippen molar-refractivity contribution in [1.82, 2.24) is 0 Å². The van der Waals surface area contributed by atoms with E-state index in [9.17, 15) is 13.6 Å². The lowest BCUT2D eigenvalue weighted by molar-refractivity contribution is -0.140. The number of esters is 1. The number of para-hydroxylation sites is 1. The van der Waals surface area contributed by atoms with E-state index in [0.29, 0.717) is 5.56 Å².